The van der Waals surface area contributed by atoms with Crippen molar-refractivity contribution in [3.63, 3.8) is 0 Å². The number of rotatable bonds is 7. The van der Waals surface area contributed by atoms with E-state index < -0.39 is 17.7 Å². The lowest BCUT2D eigenvalue weighted by Gasteiger charge is -2.23. The highest BCUT2D eigenvalue weighted by molar-refractivity contribution is 7.98. The lowest BCUT2D eigenvalue weighted by Crippen LogP contribution is -2.48. The Morgan fingerprint density at radius 3 is 2.54 bits per heavy atom. The molecule has 0 saturated heterocycles. The van der Waals surface area contributed by atoms with Crippen molar-refractivity contribution in [2.45, 2.75) is 45.4 Å². The number of hydrogen-bond donors (Lipinski definition) is 2. The summed E-state index contributed by atoms with van der Waals surface area (Å²) in [4.78, 5) is 24.3. The fourth-order valence-corrected chi connectivity index (χ4v) is 2.58. The van der Waals surface area contributed by atoms with Crippen molar-refractivity contribution in [3.8, 4) is 0 Å². The molecule has 0 aliphatic heterocycles. The number of halogens is 1. The number of thioether (sulfide) groups is 1. The molecular formula is C17H25ClN2O3S. The topological polar surface area (TPSA) is 67.4 Å². The number of carbonyl (C=O) groups excluding carboxylic acids is 2. The zero-order valence-corrected chi connectivity index (χ0v) is 16.1. The van der Waals surface area contributed by atoms with E-state index in [1.165, 1.54) is 0 Å². The Labute approximate surface area is 152 Å². The summed E-state index contributed by atoms with van der Waals surface area (Å²) in [5, 5.41) is 6.05. The van der Waals surface area contributed by atoms with E-state index in [-0.39, 0.29) is 5.91 Å². The molecule has 1 rings (SSSR count). The first-order chi connectivity index (χ1) is 11.2. The van der Waals surface area contributed by atoms with Gasteiger partial charge in [0.15, 0.2) is 0 Å². The minimum Gasteiger partial charge on any atom is -0.444 e. The standard InChI is InChI=1S/C17H25ClN2O3S/c1-17(2,3)23-16(22)20-14(9-10-24-4)15(21)19-11-12-7-5-6-8-13(12)18/h5-8,14H,9-11H2,1-4H3,(H,19,21)(H,20,22)/t14-/m0/s1. The van der Waals surface area contributed by atoms with E-state index in [0.29, 0.717) is 18.0 Å². The van der Waals surface area contributed by atoms with Crippen molar-refractivity contribution in [2.75, 3.05) is 12.0 Å². The van der Waals surface area contributed by atoms with Crippen molar-refractivity contribution in [1.82, 2.24) is 10.6 Å². The van der Waals surface area contributed by atoms with Crippen molar-refractivity contribution in [1.29, 1.82) is 0 Å². The molecule has 1 atom stereocenters. The van der Waals surface area contributed by atoms with Gasteiger partial charge in [0, 0.05) is 11.6 Å². The van der Waals surface area contributed by atoms with Crippen molar-refractivity contribution < 1.29 is 14.3 Å². The van der Waals surface area contributed by atoms with E-state index in [1.807, 2.05) is 24.5 Å². The molecule has 2 N–H and O–H groups in total. The Hall–Kier alpha value is -1.40. The van der Waals surface area contributed by atoms with Crippen LogP contribution < -0.4 is 10.6 Å². The first-order valence-electron chi connectivity index (χ1n) is 7.72. The number of nitrogens with one attached hydrogen (secondary N) is 2. The molecule has 0 bridgehead atoms. The minimum atomic E-state index is -0.644. The summed E-state index contributed by atoms with van der Waals surface area (Å²) < 4.78 is 5.22. The number of ether oxygens (including phenoxy) is 1. The number of benzene rings is 1. The van der Waals surface area contributed by atoms with Gasteiger partial charge in [0.1, 0.15) is 11.6 Å². The Morgan fingerprint density at radius 1 is 1.29 bits per heavy atom. The second-order valence-corrected chi connectivity index (χ2v) is 7.68. The van der Waals surface area contributed by atoms with Gasteiger partial charge in [-0.25, -0.2) is 4.79 Å². The van der Waals surface area contributed by atoms with Crippen molar-refractivity contribution >= 4 is 35.4 Å². The van der Waals surface area contributed by atoms with Gasteiger partial charge in [0.05, 0.1) is 0 Å². The Bertz CT molecular complexity index is 561. The summed E-state index contributed by atoms with van der Waals surface area (Å²) in [6.45, 7) is 5.65. The van der Waals surface area contributed by atoms with Crippen LogP contribution in [0.3, 0.4) is 0 Å². The van der Waals surface area contributed by atoms with Crippen LogP contribution in [-0.2, 0) is 16.1 Å². The molecule has 0 radical (unpaired) electrons. The van der Waals surface area contributed by atoms with E-state index in [4.69, 9.17) is 16.3 Å². The Kier molecular flexibility index (Phi) is 8.42. The molecule has 0 spiro atoms. The predicted molar refractivity (Wildman–Crippen MR) is 99.5 cm³/mol. The molecule has 0 heterocycles. The van der Waals surface area contributed by atoms with E-state index in [0.717, 1.165) is 11.3 Å². The van der Waals surface area contributed by atoms with Crippen LogP contribution in [0.4, 0.5) is 4.79 Å². The molecule has 7 heteroatoms. The van der Waals surface area contributed by atoms with Crippen LogP contribution >= 0.6 is 23.4 Å². The highest BCUT2D eigenvalue weighted by atomic mass is 35.5. The molecule has 134 valence electrons. The maximum Gasteiger partial charge on any atom is 0.408 e. The summed E-state index contributed by atoms with van der Waals surface area (Å²) in [7, 11) is 0. The smallest absolute Gasteiger partial charge is 0.408 e. The SMILES string of the molecule is CSCC[C@H](NC(=O)OC(C)(C)C)C(=O)NCc1ccccc1Cl. The number of alkyl carbamates (subject to hydrolysis) is 1. The van der Waals surface area contributed by atoms with Gasteiger partial charge in [-0.3, -0.25) is 4.79 Å². The zero-order chi connectivity index (χ0) is 18.2. The molecule has 0 aliphatic rings. The fraction of sp³-hybridized carbons (Fsp3) is 0.529. The van der Waals surface area contributed by atoms with Crippen LogP contribution in [0.15, 0.2) is 24.3 Å². The molecule has 0 aromatic heterocycles. The average molecular weight is 373 g/mol. The maximum atomic E-state index is 12.4. The third-order valence-corrected chi connectivity index (χ3v) is 4.04. The van der Waals surface area contributed by atoms with Crippen LogP contribution in [0.1, 0.15) is 32.8 Å². The molecule has 0 unspecified atom stereocenters. The summed E-state index contributed by atoms with van der Waals surface area (Å²) in [6, 6.07) is 6.67. The van der Waals surface area contributed by atoms with Crippen LogP contribution in [-0.4, -0.2) is 35.7 Å². The molecule has 0 fully saturated rings. The number of amides is 2. The molecule has 1 aromatic rings. The fourth-order valence-electron chi connectivity index (χ4n) is 1.90. The van der Waals surface area contributed by atoms with E-state index in [1.54, 1.807) is 38.6 Å². The average Bonchev–Trinajstić information content (AvgIpc) is 2.48. The summed E-state index contributed by atoms with van der Waals surface area (Å²) in [5.41, 5.74) is 0.218. The number of hydrogen-bond acceptors (Lipinski definition) is 4. The monoisotopic (exact) mass is 372 g/mol. The highest BCUT2D eigenvalue weighted by Gasteiger charge is 2.24. The number of carbonyl (C=O) groups is 2. The van der Waals surface area contributed by atoms with Gasteiger partial charge in [-0.05, 0) is 50.8 Å². The molecule has 0 aliphatic carbocycles. The molecule has 5 nitrogen and oxygen atoms in total. The third-order valence-electron chi connectivity index (χ3n) is 3.03. The Morgan fingerprint density at radius 2 is 1.96 bits per heavy atom. The first-order valence-corrected chi connectivity index (χ1v) is 9.49. The minimum absolute atomic E-state index is 0.255. The Balaban J connectivity index is 2.64. The van der Waals surface area contributed by atoms with E-state index in [2.05, 4.69) is 10.6 Å². The highest BCUT2D eigenvalue weighted by Crippen LogP contribution is 2.14. The van der Waals surface area contributed by atoms with Gasteiger partial charge in [-0.2, -0.15) is 11.8 Å². The summed E-state index contributed by atoms with van der Waals surface area (Å²) in [5.74, 6) is 0.495. The van der Waals surface area contributed by atoms with Gasteiger partial charge in [-0.1, -0.05) is 29.8 Å². The maximum absolute atomic E-state index is 12.4. The van der Waals surface area contributed by atoms with Crippen molar-refractivity contribution in [3.05, 3.63) is 34.9 Å². The molecule has 0 saturated carbocycles. The zero-order valence-electron chi connectivity index (χ0n) is 14.5. The molecular weight excluding hydrogens is 348 g/mol. The largest absolute Gasteiger partial charge is 0.444 e. The van der Waals surface area contributed by atoms with Gasteiger partial charge < -0.3 is 15.4 Å². The van der Waals surface area contributed by atoms with Crippen LogP contribution in [0, 0.1) is 0 Å². The second-order valence-electron chi connectivity index (χ2n) is 6.29. The van der Waals surface area contributed by atoms with Gasteiger partial charge in [0.2, 0.25) is 5.91 Å². The molecule has 1 aromatic carbocycles. The predicted octanol–water partition coefficient (Wildman–Crippen LogP) is 3.60. The van der Waals surface area contributed by atoms with Gasteiger partial charge >= 0.3 is 6.09 Å². The summed E-state index contributed by atoms with van der Waals surface area (Å²) in [6.07, 6.45) is 1.88. The van der Waals surface area contributed by atoms with Crippen LogP contribution in [0.2, 0.25) is 5.02 Å². The second kappa shape index (κ2) is 9.79. The van der Waals surface area contributed by atoms with Gasteiger partial charge in [0.25, 0.3) is 0 Å². The van der Waals surface area contributed by atoms with Crippen LogP contribution in [0.25, 0.3) is 0 Å². The lowest BCUT2D eigenvalue weighted by molar-refractivity contribution is -0.123. The quantitative estimate of drug-likeness (QED) is 0.767. The molecule has 2 amide bonds. The van der Waals surface area contributed by atoms with E-state index >= 15 is 0 Å². The van der Waals surface area contributed by atoms with Gasteiger partial charge in [-0.15, -0.1) is 0 Å². The lowest BCUT2D eigenvalue weighted by atomic mass is 10.2. The van der Waals surface area contributed by atoms with Crippen molar-refractivity contribution in [2.24, 2.45) is 0 Å². The molecule has 24 heavy (non-hydrogen) atoms. The normalized spacial score (nSPS) is 12.4. The third kappa shape index (κ3) is 7.93. The summed E-state index contributed by atoms with van der Waals surface area (Å²) >= 11 is 7.69. The van der Waals surface area contributed by atoms with Crippen LogP contribution in [0.5, 0.6) is 0 Å². The van der Waals surface area contributed by atoms with E-state index in [9.17, 15) is 9.59 Å². The first kappa shape index (κ1) is 20.6.